The van der Waals surface area contributed by atoms with Crippen molar-refractivity contribution in [3.63, 3.8) is 0 Å². The Hall–Kier alpha value is -2.10. The molecule has 0 N–H and O–H groups in total. The molecule has 1 fully saturated rings. The lowest BCUT2D eigenvalue weighted by molar-refractivity contribution is -0.0265. The van der Waals surface area contributed by atoms with E-state index in [9.17, 15) is 4.79 Å². The molecule has 1 aromatic heterocycles. The predicted octanol–water partition coefficient (Wildman–Crippen LogP) is 3.30. The predicted molar refractivity (Wildman–Crippen MR) is 78.3 cm³/mol. The van der Waals surface area contributed by atoms with E-state index >= 15 is 0 Å². The van der Waals surface area contributed by atoms with Crippen molar-refractivity contribution < 1.29 is 9.53 Å². The second-order valence-corrected chi connectivity index (χ2v) is 6.48. The number of fused-ring (bicyclic) bond motifs is 1. The number of hydrogen-bond acceptors (Lipinski definition) is 3. The van der Waals surface area contributed by atoms with Crippen molar-refractivity contribution >= 4 is 5.97 Å². The number of hydrogen-bond donors (Lipinski definition) is 0. The Kier molecular flexibility index (Phi) is 2.52. The van der Waals surface area contributed by atoms with Gasteiger partial charge in [-0.3, -0.25) is 0 Å². The van der Waals surface area contributed by atoms with Crippen molar-refractivity contribution in [3.05, 3.63) is 53.6 Å². The van der Waals surface area contributed by atoms with Crippen LogP contribution in [0, 0.1) is 0 Å². The molecule has 0 spiro atoms. The van der Waals surface area contributed by atoms with Crippen LogP contribution in [0.3, 0.4) is 0 Å². The minimum Gasteiger partial charge on any atom is -0.453 e. The minimum atomic E-state index is -0.588. The molecule has 4 heteroatoms. The van der Waals surface area contributed by atoms with E-state index < -0.39 is 5.60 Å². The molecule has 1 aliphatic heterocycles. The highest BCUT2D eigenvalue weighted by Crippen LogP contribution is 2.45. The zero-order chi connectivity index (χ0) is 14.6. The Morgan fingerprint density at radius 1 is 1.29 bits per heavy atom. The Labute approximate surface area is 123 Å². The average Bonchev–Trinajstić information content (AvgIpc) is 3.18. The average molecular weight is 282 g/mol. The molecular weight excluding hydrogens is 264 g/mol. The molecule has 1 saturated carbocycles. The first-order chi connectivity index (χ1) is 10.1. The van der Waals surface area contributed by atoms with E-state index in [1.807, 2.05) is 50.6 Å². The molecule has 21 heavy (non-hydrogen) atoms. The number of imidazole rings is 1. The molecule has 2 heterocycles. The van der Waals surface area contributed by atoms with Gasteiger partial charge in [-0.25, -0.2) is 9.78 Å². The fraction of sp³-hybridized carbons (Fsp3) is 0.412. The number of rotatable bonds is 2. The molecule has 2 aromatic rings. The van der Waals surface area contributed by atoms with Crippen LogP contribution >= 0.6 is 0 Å². The SMILES string of the molecule is CC1(C)OC(=O)c2ccccc2[C@@H]1n1cncc1C1CC1. The lowest BCUT2D eigenvalue weighted by Gasteiger charge is -2.40. The summed E-state index contributed by atoms with van der Waals surface area (Å²) in [6, 6.07) is 7.70. The molecular formula is C17H18N2O2. The van der Waals surface area contributed by atoms with Gasteiger partial charge in [0.2, 0.25) is 0 Å². The number of nitrogens with zero attached hydrogens (tertiary/aromatic N) is 2. The second-order valence-electron chi connectivity index (χ2n) is 6.48. The van der Waals surface area contributed by atoms with E-state index in [4.69, 9.17) is 4.74 Å². The van der Waals surface area contributed by atoms with Crippen molar-refractivity contribution in [2.45, 2.75) is 44.2 Å². The van der Waals surface area contributed by atoms with Gasteiger partial charge >= 0.3 is 5.97 Å². The maximum atomic E-state index is 12.2. The highest BCUT2D eigenvalue weighted by atomic mass is 16.6. The third-order valence-corrected chi connectivity index (χ3v) is 4.46. The minimum absolute atomic E-state index is 0.0236. The topological polar surface area (TPSA) is 44.1 Å². The van der Waals surface area contributed by atoms with Crippen molar-refractivity contribution in [1.82, 2.24) is 9.55 Å². The van der Waals surface area contributed by atoms with Crippen molar-refractivity contribution in [2.75, 3.05) is 0 Å². The van der Waals surface area contributed by atoms with E-state index in [-0.39, 0.29) is 12.0 Å². The lowest BCUT2D eigenvalue weighted by Crippen LogP contribution is -2.43. The highest BCUT2D eigenvalue weighted by Gasteiger charge is 2.44. The molecule has 108 valence electrons. The summed E-state index contributed by atoms with van der Waals surface area (Å²) in [6.07, 6.45) is 6.27. The van der Waals surface area contributed by atoms with Gasteiger partial charge in [0.05, 0.1) is 17.9 Å². The summed E-state index contributed by atoms with van der Waals surface area (Å²) >= 11 is 0. The monoisotopic (exact) mass is 282 g/mol. The lowest BCUT2D eigenvalue weighted by atomic mass is 9.85. The smallest absolute Gasteiger partial charge is 0.339 e. The highest BCUT2D eigenvalue weighted by molar-refractivity contribution is 5.93. The molecule has 0 radical (unpaired) electrons. The molecule has 2 aliphatic rings. The molecule has 1 atom stereocenters. The second kappa shape index (κ2) is 4.20. The third-order valence-electron chi connectivity index (χ3n) is 4.46. The first-order valence-corrected chi connectivity index (χ1v) is 7.42. The standard InChI is InChI=1S/C17H18N2O2/c1-17(2)15(19-10-18-9-14(19)11-7-8-11)12-5-3-4-6-13(12)16(20)21-17/h3-6,9-11,15H,7-8H2,1-2H3/t15-/m0/s1. The summed E-state index contributed by atoms with van der Waals surface area (Å²) in [5, 5.41) is 0. The number of aromatic nitrogens is 2. The van der Waals surface area contributed by atoms with Gasteiger partial charge in [0.1, 0.15) is 5.60 Å². The third kappa shape index (κ3) is 1.89. The summed E-state index contributed by atoms with van der Waals surface area (Å²) in [6.45, 7) is 3.95. The quantitative estimate of drug-likeness (QED) is 0.794. The number of carbonyl (C=O) groups is 1. The van der Waals surface area contributed by atoms with Gasteiger partial charge in [-0.2, -0.15) is 0 Å². The van der Waals surface area contributed by atoms with Gasteiger partial charge in [-0.05, 0) is 38.3 Å². The van der Waals surface area contributed by atoms with Crippen LogP contribution in [0.25, 0.3) is 0 Å². The van der Waals surface area contributed by atoms with Crippen LogP contribution in [0.1, 0.15) is 60.3 Å². The summed E-state index contributed by atoms with van der Waals surface area (Å²) in [5.41, 5.74) is 2.35. The Morgan fingerprint density at radius 2 is 2.05 bits per heavy atom. The fourth-order valence-corrected chi connectivity index (χ4v) is 3.36. The van der Waals surface area contributed by atoms with Crippen LogP contribution in [0.4, 0.5) is 0 Å². The van der Waals surface area contributed by atoms with Crippen LogP contribution in [-0.2, 0) is 4.74 Å². The van der Waals surface area contributed by atoms with Gasteiger partial charge in [0.15, 0.2) is 0 Å². The fourth-order valence-electron chi connectivity index (χ4n) is 3.36. The Bertz CT molecular complexity index is 713. The number of esters is 1. The molecule has 0 bridgehead atoms. The first-order valence-electron chi connectivity index (χ1n) is 7.42. The number of benzene rings is 1. The van der Waals surface area contributed by atoms with Gasteiger partial charge in [0.25, 0.3) is 0 Å². The van der Waals surface area contributed by atoms with Gasteiger partial charge < -0.3 is 9.30 Å². The summed E-state index contributed by atoms with van der Waals surface area (Å²) in [7, 11) is 0. The van der Waals surface area contributed by atoms with Crippen LogP contribution in [0.2, 0.25) is 0 Å². The summed E-state index contributed by atoms with van der Waals surface area (Å²) in [5.74, 6) is 0.369. The maximum Gasteiger partial charge on any atom is 0.339 e. The van der Waals surface area contributed by atoms with Gasteiger partial charge in [-0.15, -0.1) is 0 Å². The van der Waals surface area contributed by atoms with E-state index in [1.54, 1.807) is 0 Å². The zero-order valence-electron chi connectivity index (χ0n) is 12.2. The van der Waals surface area contributed by atoms with E-state index in [2.05, 4.69) is 9.55 Å². The largest absolute Gasteiger partial charge is 0.453 e. The van der Waals surface area contributed by atoms with Crippen LogP contribution < -0.4 is 0 Å². The van der Waals surface area contributed by atoms with Crippen molar-refractivity contribution in [2.24, 2.45) is 0 Å². The van der Waals surface area contributed by atoms with Crippen LogP contribution in [-0.4, -0.2) is 21.1 Å². The van der Waals surface area contributed by atoms with Gasteiger partial charge in [0, 0.05) is 17.8 Å². The van der Waals surface area contributed by atoms with Crippen molar-refractivity contribution in [1.29, 1.82) is 0 Å². The zero-order valence-corrected chi connectivity index (χ0v) is 12.2. The molecule has 1 aliphatic carbocycles. The maximum absolute atomic E-state index is 12.2. The molecule has 4 nitrogen and oxygen atoms in total. The van der Waals surface area contributed by atoms with E-state index in [0.29, 0.717) is 11.5 Å². The number of carbonyl (C=O) groups excluding carboxylic acids is 1. The molecule has 0 amide bonds. The number of cyclic esters (lactones) is 1. The Balaban J connectivity index is 1.91. The van der Waals surface area contributed by atoms with E-state index in [1.165, 1.54) is 18.5 Å². The van der Waals surface area contributed by atoms with Crippen molar-refractivity contribution in [3.8, 4) is 0 Å². The normalized spacial score (nSPS) is 23.5. The first kappa shape index (κ1) is 12.6. The number of ether oxygens (including phenoxy) is 1. The Morgan fingerprint density at radius 3 is 2.81 bits per heavy atom. The summed E-state index contributed by atoms with van der Waals surface area (Å²) < 4.78 is 7.90. The molecule has 1 aromatic carbocycles. The summed E-state index contributed by atoms with van der Waals surface area (Å²) in [4.78, 5) is 16.5. The molecule has 4 rings (SSSR count). The molecule has 0 saturated heterocycles. The van der Waals surface area contributed by atoms with Crippen LogP contribution in [0.5, 0.6) is 0 Å². The van der Waals surface area contributed by atoms with Gasteiger partial charge in [-0.1, -0.05) is 18.2 Å². The van der Waals surface area contributed by atoms with Crippen LogP contribution in [0.15, 0.2) is 36.8 Å². The van der Waals surface area contributed by atoms with E-state index in [0.717, 1.165) is 5.56 Å². The molecule has 0 unspecified atom stereocenters.